The second-order valence-electron chi connectivity index (χ2n) is 6.92. The number of nitrogens with zero attached hydrogens (tertiary/aromatic N) is 1. The van der Waals surface area contributed by atoms with Gasteiger partial charge in [-0.15, -0.1) is 0 Å². The molecule has 2 rings (SSSR count). The summed E-state index contributed by atoms with van der Waals surface area (Å²) in [4.78, 5) is 38.7. The van der Waals surface area contributed by atoms with Crippen LogP contribution in [0.2, 0.25) is 0 Å². The van der Waals surface area contributed by atoms with Gasteiger partial charge in [0.25, 0.3) is 5.91 Å². The second kappa shape index (κ2) is 10.3. The zero-order chi connectivity index (χ0) is 21.4. The number of aryl methyl sites for hydroxylation is 1. The number of nitrogens with one attached hydrogen (secondary N) is 2. The molecule has 0 fully saturated rings. The number of rotatable bonds is 8. The van der Waals surface area contributed by atoms with Gasteiger partial charge in [-0.3, -0.25) is 14.4 Å². The summed E-state index contributed by atoms with van der Waals surface area (Å²) in [6, 6.07) is 14.0. The van der Waals surface area contributed by atoms with E-state index >= 15 is 0 Å². The Labute approximate surface area is 171 Å². The average Bonchev–Trinajstić information content (AvgIpc) is 2.71. The van der Waals surface area contributed by atoms with Gasteiger partial charge < -0.3 is 20.3 Å². The molecule has 0 aliphatic heterocycles. The van der Waals surface area contributed by atoms with Crippen LogP contribution in [0.4, 0.5) is 5.69 Å². The monoisotopic (exact) mass is 397 g/mol. The minimum absolute atomic E-state index is 0.160. The number of hydrogen-bond acceptors (Lipinski definition) is 4. The molecule has 2 N–H and O–H groups in total. The molecule has 0 heterocycles. The normalized spacial score (nSPS) is 10.4. The summed E-state index contributed by atoms with van der Waals surface area (Å²) >= 11 is 0. The van der Waals surface area contributed by atoms with Gasteiger partial charge in [0.15, 0.2) is 0 Å². The van der Waals surface area contributed by atoms with Crippen molar-refractivity contribution < 1.29 is 19.1 Å². The summed E-state index contributed by atoms with van der Waals surface area (Å²) in [5.74, 6) is -0.618. The van der Waals surface area contributed by atoms with E-state index in [1.54, 1.807) is 36.4 Å². The van der Waals surface area contributed by atoms with Crippen LogP contribution in [0.15, 0.2) is 48.5 Å². The predicted molar refractivity (Wildman–Crippen MR) is 112 cm³/mol. The Bertz CT molecular complexity index is 863. The van der Waals surface area contributed by atoms with E-state index in [2.05, 4.69) is 10.6 Å². The minimum atomic E-state index is -0.416. The number of methoxy groups -OCH3 is 1. The minimum Gasteiger partial charge on any atom is -0.496 e. The molecule has 0 unspecified atom stereocenters. The largest absolute Gasteiger partial charge is 0.496 e. The van der Waals surface area contributed by atoms with E-state index in [1.807, 2.05) is 32.9 Å². The van der Waals surface area contributed by atoms with E-state index in [9.17, 15) is 14.4 Å². The van der Waals surface area contributed by atoms with Crippen LogP contribution < -0.4 is 15.4 Å². The maximum Gasteiger partial charge on any atom is 0.258 e. The van der Waals surface area contributed by atoms with Crippen LogP contribution in [0.5, 0.6) is 5.75 Å². The molecule has 7 heteroatoms. The molecule has 0 atom stereocenters. The van der Waals surface area contributed by atoms with Crippen LogP contribution in [0.25, 0.3) is 0 Å². The molecular formula is C22H27N3O4. The lowest BCUT2D eigenvalue weighted by molar-refractivity contribution is -0.124. The maximum atomic E-state index is 12.9. The van der Waals surface area contributed by atoms with Crippen molar-refractivity contribution in [3.8, 4) is 5.75 Å². The molecule has 7 nitrogen and oxygen atoms in total. The molecule has 0 aliphatic carbocycles. The summed E-state index contributed by atoms with van der Waals surface area (Å²) in [5.41, 5.74) is 2.13. The van der Waals surface area contributed by atoms with Gasteiger partial charge in [0.1, 0.15) is 12.3 Å². The van der Waals surface area contributed by atoms with Crippen LogP contribution in [0, 0.1) is 6.92 Å². The standard InChI is InChI=1S/C22H27N3O4/c1-15(2)25(22(28)18-7-5-6-8-19(18)29-4)14-21(27)23-13-20(26)24-17-11-9-16(3)10-12-17/h5-12,15H,13-14H2,1-4H3,(H,23,27)(H,24,26). The molecule has 0 saturated heterocycles. The molecular weight excluding hydrogens is 370 g/mol. The van der Waals surface area contributed by atoms with E-state index in [4.69, 9.17) is 4.74 Å². The number of para-hydroxylation sites is 1. The quantitative estimate of drug-likeness (QED) is 0.717. The van der Waals surface area contributed by atoms with Crippen LogP contribution in [-0.4, -0.2) is 48.9 Å². The van der Waals surface area contributed by atoms with E-state index in [0.717, 1.165) is 5.56 Å². The fourth-order valence-corrected chi connectivity index (χ4v) is 2.70. The average molecular weight is 397 g/mol. The third-order valence-corrected chi connectivity index (χ3v) is 4.32. The second-order valence-corrected chi connectivity index (χ2v) is 6.92. The number of ether oxygens (including phenoxy) is 1. The number of anilines is 1. The summed E-state index contributed by atoms with van der Waals surface area (Å²) < 4.78 is 5.24. The zero-order valence-corrected chi connectivity index (χ0v) is 17.2. The first-order valence-electron chi connectivity index (χ1n) is 9.39. The molecule has 3 amide bonds. The van der Waals surface area contributed by atoms with Gasteiger partial charge in [-0.2, -0.15) is 0 Å². The molecule has 0 bridgehead atoms. The Morgan fingerprint density at radius 1 is 1.00 bits per heavy atom. The van der Waals surface area contributed by atoms with Gasteiger partial charge in [-0.1, -0.05) is 29.8 Å². The van der Waals surface area contributed by atoms with E-state index in [-0.39, 0.29) is 30.9 Å². The fourth-order valence-electron chi connectivity index (χ4n) is 2.70. The molecule has 2 aromatic rings. The highest BCUT2D eigenvalue weighted by atomic mass is 16.5. The first kappa shape index (κ1) is 21.9. The summed E-state index contributed by atoms with van der Waals surface area (Å²) in [5, 5.41) is 5.27. The van der Waals surface area contributed by atoms with Crippen molar-refractivity contribution in [3.05, 3.63) is 59.7 Å². The third kappa shape index (κ3) is 6.34. The SMILES string of the molecule is COc1ccccc1C(=O)N(CC(=O)NCC(=O)Nc1ccc(C)cc1)C(C)C. The Hall–Kier alpha value is -3.35. The number of hydrogen-bond donors (Lipinski definition) is 2. The van der Waals surface area contributed by atoms with Crippen LogP contribution in [0.1, 0.15) is 29.8 Å². The first-order chi connectivity index (χ1) is 13.8. The fraction of sp³-hybridized carbons (Fsp3) is 0.318. The lowest BCUT2D eigenvalue weighted by Crippen LogP contribution is -2.45. The van der Waals surface area contributed by atoms with Crippen molar-refractivity contribution >= 4 is 23.4 Å². The van der Waals surface area contributed by atoms with E-state index in [1.165, 1.54) is 12.0 Å². The van der Waals surface area contributed by atoms with Crippen LogP contribution in [-0.2, 0) is 9.59 Å². The lowest BCUT2D eigenvalue weighted by atomic mass is 10.1. The number of carbonyl (C=O) groups is 3. The van der Waals surface area contributed by atoms with E-state index < -0.39 is 5.91 Å². The van der Waals surface area contributed by atoms with Crippen molar-refractivity contribution in [3.63, 3.8) is 0 Å². The van der Waals surface area contributed by atoms with Crippen molar-refractivity contribution in [1.29, 1.82) is 0 Å². The molecule has 154 valence electrons. The van der Waals surface area contributed by atoms with Gasteiger partial charge in [0.05, 0.1) is 19.2 Å². The smallest absolute Gasteiger partial charge is 0.258 e. The number of benzene rings is 2. The molecule has 29 heavy (non-hydrogen) atoms. The van der Waals surface area contributed by atoms with E-state index in [0.29, 0.717) is 17.0 Å². The van der Waals surface area contributed by atoms with Gasteiger partial charge in [0.2, 0.25) is 11.8 Å². The Kier molecular flexibility index (Phi) is 7.77. The lowest BCUT2D eigenvalue weighted by Gasteiger charge is -2.26. The Balaban J connectivity index is 1.94. The van der Waals surface area contributed by atoms with Gasteiger partial charge in [0, 0.05) is 11.7 Å². The molecule has 0 radical (unpaired) electrons. The highest BCUT2D eigenvalue weighted by Gasteiger charge is 2.24. The van der Waals surface area contributed by atoms with Crippen molar-refractivity contribution in [2.75, 3.05) is 25.5 Å². The van der Waals surface area contributed by atoms with Crippen LogP contribution in [0.3, 0.4) is 0 Å². The highest BCUT2D eigenvalue weighted by molar-refractivity contribution is 5.99. The molecule has 2 aromatic carbocycles. The molecule has 0 saturated carbocycles. The number of carbonyl (C=O) groups excluding carboxylic acids is 3. The molecule has 0 spiro atoms. The van der Waals surface area contributed by atoms with Gasteiger partial charge >= 0.3 is 0 Å². The van der Waals surface area contributed by atoms with Crippen molar-refractivity contribution in [2.45, 2.75) is 26.8 Å². The highest BCUT2D eigenvalue weighted by Crippen LogP contribution is 2.20. The summed E-state index contributed by atoms with van der Waals surface area (Å²) in [6.45, 7) is 5.27. The summed E-state index contributed by atoms with van der Waals surface area (Å²) in [6.07, 6.45) is 0. The molecule has 0 aromatic heterocycles. The van der Waals surface area contributed by atoms with Crippen molar-refractivity contribution in [1.82, 2.24) is 10.2 Å². The van der Waals surface area contributed by atoms with Gasteiger partial charge in [-0.25, -0.2) is 0 Å². The maximum absolute atomic E-state index is 12.9. The summed E-state index contributed by atoms with van der Waals surface area (Å²) in [7, 11) is 1.49. The van der Waals surface area contributed by atoms with Crippen LogP contribution >= 0.6 is 0 Å². The number of amides is 3. The molecule has 0 aliphatic rings. The Morgan fingerprint density at radius 3 is 2.28 bits per heavy atom. The zero-order valence-electron chi connectivity index (χ0n) is 17.2. The predicted octanol–water partition coefficient (Wildman–Crippen LogP) is 2.61. The first-order valence-corrected chi connectivity index (χ1v) is 9.39. The third-order valence-electron chi connectivity index (χ3n) is 4.32. The Morgan fingerprint density at radius 2 is 1.66 bits per heavy atom. The van der Waals surface area contributed by atoms with Gasteiger partial charge in [-0.05, 0) is 45.0 Å². The topological polar surface area (TPSA) is 87.7 Å². The van der Waals surface area contributed by atoms with Crippen molar-refractivity contribution in [2.24, 2.45) is 0 Å².